The van der Waals surface area contributed by atoms with Crippen LogP contribution in [0.2, 0.25) is 0 Å². The molecule has 5 heteroatoms. The van der Waals surface area contributed by atoms with Gasteiger partial charge in [-0.2, -0.15) is 0 Å². The monoisotopic (exact) mass is 230 g/mol. The van der Waals surface area contributed by atoms with E-state index in [1.807, 2.05) is 18.3 Å². The summed E-state index contributed by atoms with van der Waals surface area (Å²) in [7, 11) is 0. The van der Waals surface area contributed by atoms with E-state index in [2.05, 4.69) is 19.7 Å². The number of pyridine rings is 1. The van der Waals surface area contributed by atoms with E-state index in [0.717, 1.165) is 21.9 Å². The minimum atomic E-state index is 0.476. The quantitative estimate of drug-likeness (QED) is 0.731. The molecule has 0 amide bonds. The molecule has 0 saturated heterocycles. The highest BCUT2D eigenvalue weighted by atomic mass is 32.1. The molecule has 0 atom stereocenters. The van der Waals surface area contributed by atoms with Gasteiger partial charge in [-0.1, -0.05) is 0 Å². The molecule has 0 aliphatic rings. The number of hydrogen-bond donors (Lipinski definition) is 1. The van der Waals surface area contributed by atoms with Gasteiger partial charge in [0.25, 0.3) is 0 Å². The van der Waals surface area contributed by atoms with Crippen LogP contribution in [0.15, 0.2) is 36.1 Å². The number of nitrogens with zero attached hydrogens (tertiary/aromatic N) is 3. The largest absolute Gasteiger partial charge is 0.325 e. The molecule has 0 aliphatic carbocycles. The van der Waals surface area contributed by atoms with Crippen LogP contribution in [0, 0.1) is 0 Å². The van der Waals surface area contributed by atoms with E-state index in [4.69, 9.17) is 5.73 Å². The molecule has 0 aliphatic heterocycles. The second kappa shape index (κ2) is 3.70. The maximum absolute atomic E-state index is 5.58. The van der Waals surface area contributed by atoms with Crippen LogP contribution in [-0.4, -0.2) is 14.4 Å². The Morgan fingerprint density at radius 3 is 2.88 bits per heavy atom. The molecule has 80 valence electrons. The molecular weight excluding hydrogens is 220 g/mol. The maximum Gasteiger partial charge on any atom is 0.194 e. The first-order valence-electron chi connectivity index (χ1n) is 4.94. The molecule has 3 rings (SSSR count). The normalized spacial score (nSPS) is 11.1. The maximum atomic E-state index is 5.58. The number of thiazole rings is 1. The van der Waals surface area contributed by atoms with Crippen LogP contribution in [0.4, 0.5) is 0 Å². The lowest BCUT2D eigenvalue weighted by molar-refractivity contribution is 1.02. The van der Waals surface area contributed by atoms with Gasteiger partial charge in [-0.3, -0.25) is 9.38 Å². The third kappa shape index (κ3) is 1.41. The zero-order valence-electron chi connectivity index (χ0n) is 8.50. The molecule has 2 N–H and O–H groups in total. The summed E-state index contributed by atoms with van der Waals surface area (Å²) in [6.07, 6.45) is 5.57. The molecule has 0 aromatic carbocycles. The van der Waals surface area contributed by atoms with E-state index in [9.17, 15) is 0 Å². The van der Waals surface area contributed by atoms with Crippen molar-refractivity contribution in [1.82, 2.24) is 14.4 Å². The van der Waals surface area contributed by atoms with Crippen molar-refractivity contribution in [3.05, 3.63) is 41.8 Å². The lowest BCUT2D eigenvalue weighted by Crippen LogP contribution is -1.95. The Morgan fingerprint density at radius 2 is 2.12 bits per heavy atom. The highest BCUT2D eigenvalue weighted by Gasteiger charge is 2.08. The Balaban J connectivity index is 2.20. The lowest BCUT2D eigenvalue weighted by Gasteiger charge is -1.97. The van der Waals surface area contributed by atoms with Gasteiger partial charge in [0.05, 0.1) is 11.4 Å². The van der Waals surface area contributed by atoms with E-state index in [-0.39, 0.29) is 0 Å². The van der Waals surface area contributed by atoms with Crippen LogP contribution in [0.5, 0.6) is 0 Å². The fraction of sp³-hybridized carbons (Fsp3) is 0.0909. The Bertz CT molecular complexity index is 611. The summed E-state index contributed by atoms with van der Waals surface area (Å²) in [6.45, 7) is 0.476. The molecular formula is C11H10N4S. The Hall–Kier alpha value is -1.72. The Labute approximate surface area is 96.4 Å². The summed E-state index contributed by atoms with van der Waals surface area (Å²) in [5.41, 5.74) is 8.77. The van der Waals surface area contributed by atoms with E-state index < -0.39 is 0 Å². The molecule has 0 fully saturated rings. The number of imidazole rings is 1. The second-order valence-electron chi connectivity index (χ2n) is 3.45. The first-order chi connectivity index (χ1) is 7.88. The third-order valence-electron chi connectivity index (χ3n) is 2.44. The van der Waals surface area contributed by atoms with Crippen molar-refractivity contribution in [2.24, 2.45) is 5.73 Å². The molecule has 0 unspecified atom stereocenters. The van der Waals surface area contributed by atoms with Gasteiger partial charge < -0.3 is 5.73 Å². The summed E-state index contributed by atoms with van der Waals surface area (Å²) in [4.78, 5) is 9.41. The molecule has 0 spiro atoms. The van der Waals surface area contributed by atoms with Crippen LogP contribution in [-0.2, 0) is 6.54 Å². The van der Waals surface area contributed by atoms with Crippen molar-refractivity contribution in [2.75, 3.05) is 0 Å². The lowest BCUT2D eigenvalue weighted by atomic mass is 10.2. The van der Waals surface area contributed by atoms with E-state index >= 15 is 0 Å². The zero-order chi connectivity index (χ0) is 11.0. The van der Waals surface area contributed by atoms with Crippen molar-refractivity contribution in [3.63, 3.8) is 0 Å². The molecule has 0 saturated carbocycles. The number of fused-ring (bicyclic) bond motifs is 1. The minimum absolute atomic E-state index is 0.476. The number of nitrogens with two attached hydrogens (primary N) is 1. The Morgan fingerprint density at radius 1 is 1.31 bits per heavy atom. The Kier molecular flexibility index (Phi) is 2.19. The average molecular weight is 230 g/mol. The molecule has 4 nitrogen and oxygen atoms in total. The first kappa shape index (κ1) is 9.50. The van der Waals surface area contributed by atoms with Gasteiger partial charge in [0.1, 0.15) is 0 Å². The number of rotatable bonds is 2. The van der Waals surface area contributed by atoms with Gasteiger partial charge >= 0.3 is 0 Å². The molecule has 3 aromatic rings. The van der Waals surface area contributed by atoms with Crippen molar-refractivity contribution in [1.29, 1.82) is 0 Å². The smallest absolute Gasteiger partial charge is 0.194 e. The first-order valence-corrected chi connectivity index (χ1v) is 5.82. The van der Waals surface area contributed by atoms with E-state index in [1.165, 1.54) is 0 Å². The minimum Gasteiger partial charge on any atom is -0.325 e. The summed E-state index contributed by atoms with van der Waals surface area (Å²) < 4.78 is 2.07. The predicted octanol–water partition coefficient (Wildman–Crippen LogP) is 1.92. The number of aromatic nitrogens is 3. The van der Waals surface area contributed by atoms with E-state index in [1.54, 1.807) is 23.7 Å². The highest BCUT2D eigenvalue weighted by molar-refractivity contribution is 7.15. The molecule has 3 heterocycles. The molecule has 16 heavy (non-hydrogen) atoms. The van der Waals surface area contributed by atoms with Crippen molar-refractivity contribution < 1.29 is 0 Å². The summed E-state index contributed by atoms with van der Waals surface area (Å²) in [6, 6.07) is 3.98. The zero-order valence-corrected chi connectivity index (χ0v) is 9.31. The summed E-state index contributed by atoms with van der Waals surface area (Å²) >= 11 is 1.62. The summed E-state index contributed by atoms with van der Waals surface area (Å²) in [5, 5.41) is 2.10. The van der Waals surface area contributed by atoms with Crippen LogP contribution < -0.4 is 5.73 Å². The molecule has 0 radical (unpaired) electrons. The number of hydrogen-bond acceptors (Lipinski definition) is 4. The van der Waals surface area contributed by atoms with E-state index in [0.29, 0.717) is 6.54 Å². The van der Waals surface area contributed by atoms with Crippen molar-refractivity contribution in [3.8, 4) is 11.3 Å². The summed E-state index contributed by atoms with van der Waals surface area (Å²) in [5.74, 6) is 0. The van der Waals surface area contributed by atoms with Gasteiger partial charge in [0, 0.05) is 36.1 Å². The van der Waals surface area contributed by atoms with Crippen molar-refractivity contribution in [2.45, 2.75) is 6.54 Å². The topological polar surface area (TPSA) is 56.2 Å². The standard InChI is InChI=1S/C11H10N4S/c12-5-9-6-15-10(7-16-11(15)14-9)8-1-3-13-4-2-8/h1-4,6-7H,5,12H2. The van der Waals surface area contributed by atoms with Gasteiger partial charge in [-0.15, -0.1) is 11.3 Å². The van der Waals surface area contributed by atoms with Crippen LogP contribution in [0.25, 0.3) is 16.2 Å². The fourth-order valence-electron chi connectivity index (χ4n) is 1.66. The van der Waals surface area contributed by atoms with Gasteiger partial charge in [0.15, 0.2) is 4.96 Å². The SMILES string of the molecule is NCc1cn2c(-c3ccncc3)csc2n1. The van der Waals surface area contributed by atoms with Gasteiger partial charge in [-0.05, 0) is 12.1 Å². The van der Waals surface area contributed by atoms with Crippen LogP contribution in [0.1, 0.15) is 5.69 Å². The second-order valence-corrected chi connectivity index (χ2v) is 4.28. The molecule has 0 bridgehead atoms. The average Bonchev–Trinajstić information content (AvgIpc) is 2.88. The third-order valence-corrected chi connectivity index (χ3v) is 3.28. The molecule has 3 aromatic heterocycles. The fourth-order valence-corrected chi connectivity index (χ4v) is 2.56. The predicted molar refractivity (Wildman–Crippen MR) is 64.2 cm³/mol. The van der Waals surface area contributed by atoms with Gasteiger partial charge in [-0.25, -0.2) is 4.98 Å². The van der Waals surface area contributed by atoms with Crippen LogP contribution >= 0.6 is 11.3 Å². The van der Waals surface area contributed by atoms with Gasteiger partial charge in [0.2, 0.25) is 0 Å². The van der Waals surface area contributed by atoms with Crippen molar-refractivity contribution >= 4 is 16.3 Å². The highest BCUT2D eigenvalue weighted by Crippen LogP contribution is 2.25. The van der Waals surface area contributed by atoms with Crippen LogP contribution in [0.3, 0.4) is 0 Å².